The number of nitrogens with one attached hydrogen (secondary N) is 1. The summed E-state index contributed by atoms with van der Waals surface area (Å²) in [5.74, 6) is 0. The van der Waals surface area contributed by atoms with E-state index in [-0.39, 0.29) is 0 Å². The molecule has 1 rings (SSSR count). The van der Waals surface area contributed by atoms with Gasteiger partial charge in [0.2, 0.25) is 0 Å². The summed E-state index contributed by atoms with van der Waals surface area (Å²) in [4.78, 5) is 0. The Bertz CT molecular complexity index is 349. The van der Waals surface area contributed by atoms with Crippen molar-refractivity contribution in [2.75, 3.05) is 6.54 Å². The summed E-state index contributed by atoms with van der Waals surface area (Å²) in [6.45, 7) is 7.62. The number of aryl methyl sites for hydroxylation is 1. The molecule has 0 aliphatic heterocycles. The third-order valence-corrected chi connectivity index (χ3v) is 3.75. The molecule has 0 heterocycles. The highest BCUT2D eigenvalue weighted by molar-refractivity contribution is 6.31. The topological polar surface area (TPSA) is 12.0 Å². The Morgan fingerprint density at radius 1 is 1.17 bits per heavy atom. The molecule has 0 aromatic heterocycles. The maximum atomic E-state index is 6.10. The van der Waals surface area contributed by atoms with E-state index in [0.29, 0.717) is 6.04 Å². The fraction of sp³-hybridized carbons (Fsp3) is 0.625. The first-order valence-electron chi connectivity index (χ1n) is 7.18. The van der Waals surface area contributed by atoms with E-state index < -0.39 is 0 Å². The predicted molar refractivity (Wildman–Crippen MR) is 81.4 cm³/mol. The molecule has 0 saturated carbocycles. The second-order valence-electron chi connectivity index (χ2n) is 5.01. The third kappa shape index (κ3) is 4.99. The van der Waals surface area contributed by atoms with Crippen LogP contribution in [0.25, 0.3) is 0 Å². The van der Waals surface area contributed by atoms with Crippen molar-refractivity contribution in [2.45, 2.75) is 58.9 Å². The summed E-state index contributed by atoms with van der Waals surface area (Å²) in [5, 5.41) is 4.51. The molecular weight excluding hydrogens is 242 g/mol. The van der Waals surface area contributed by atoms with Crippen molar-refractivity contribution in [3.8, 4) is 0 Å². The standard InChI is InChI=1S/C16H26ClN/c1-4-6-7-8-16(18-11-5-2)14-9-10-15(17)13(3)12-14/h9-10,12,16,18H,4-8,11H2,1-3H3. The highest BCUT2D eigenvalue weighted by Gasteiger charge is 2.11. The molecule has 0 bridgehead atoms. The average molecular weight is 268 g/mol. The number of benzene rings is 1. The summed E-state index contributed by atoms with van der Waals surface area (Å²) in [7, 11) is 0. The van der Waals surface area contributed by atoms with Gasteiger partial charge in [-0.25, -0.2) is 0 Å². The summed E-state index contributed by atoms with van der Waals surface area (Å²) >= 11 is 6.10. The molecule has 0 radical (unpaired) electrons. The van der Waals surface area contributed by atoms with Gasteiger partial charge in [-0.3, -0.25) is 0 Å². The maximum absolute atomic E-state index is 6.10. The van der Waals surface area contributed by atoms with E-state index in [2.05, 4.69) is 38.2 Å². The first-order valence-corrected chi connectivity index (χ1v) is 7.56. The minimum Gasteiger partial charge on any atom is -0.310 e. The van der Waals surface area contributed by atoms with Gasteiger partial charge in [0.25, 0.3) is 0 Å². The zero-order valence-corrected chi connectivity index (χ0v) is 12.7. The lowest BCUT2D eigenvalue weighted by atomic mass is 9.99. The Balaban J connectivity index is 2.70. The van der Waals surface area contributed by atoms with Crippen LogP contribution in [-0.4, -0.2) is 6.54 Å². The number of unbranched alkanes of at least 4 members (excludes halogenated alkanes) is 2. The maximum Gasteiger partial charge on any atom is 0.0435 e. The van der Waals surface area contributed by atoms with E-state index in [9.17, 15) is 0 Å². The Labute approximate surface area is 117 Å². The van der Waals surface area contributed by atoms with Gasteiger partial charge in [0.1, 0.15) is 0 Å². The number of hydrogen-bond donors (Lipinski definition) is 1. The minimum absolute atomic E-state index is 0.479. The first kappa shape index (κ1) is 15.5. The molecule has 1 atom stereocenters. The largest absolute Gasteiger partial charge is 0.310 e. The third-order valence-electron chi connectivity index (χ3n) is 3.32. The lowest BCUT2D eigenvalue weighted by Crippen LogP contribution is -2.22. The molecule has 1 nitrogen and oxygen atoms in total. The van der Waals surface area contributed by atoms with Crippen LogP contribution in [0, 0.1) is 6.92 Å². The SMILES string of the molecule is CCCCCC(NCCC)c1ccc(Cl)c(C)c1. The molecule has 2 heteroatoms. The van der Waals surface area contributed by atoms with E-state index in [0.717, 1.165) is 11.6 Å². The van der Waals surface area contributed by atoms with Gasteiger partial charge in [0, 0.05) is 11.1 Å². The average Bonchev–Trinajstić information content (AvgIpc) is 2.37. The summed E-state index contributed by atoms with van der Waals surface area (Å²) in [6.07, 6.45) is 6.28. The van der Waals surface area contributed by atoms with Crippen LogP contribution in [0.15, 0.2) is 18.2 Å². The van der Waals surface area contributed by atoms with E-state index in [1.54, 1.807) is 0 Å². The molecule has 102 valence electrons. The Morgan fingerprint density at radius 3 is 2.56 bits per heavy atom. The molecule has 1 N–H and O–H groups in total. The monoisotopic (exact) mass is 267 g/mol. The molecule has 0 aliphatic carbocycles. The van der Waals surface area contributed by atoms with Crippen molar-refractivity contribution in [2.24, 2.45) is 0 Å². The van der Waals surface area contributed by atoms with Crippen LogP contribution in [0.2, 0.25) is 5.02 Å². The van der Waals surface area contributed by atoms with Crippen LogP contribution < -0.4 is 5.32 Å². The van der Waals surface area contributed by atoms with Crippen LogP contribution in [0.4, 0.5) is 0 Å². The molecule has 1 unspecified atom stereocenters. The smallest absolute Gasteiger partial charge is 0.0435 e. The quantitative estimate of drug-likeness (QED) is 0.633. The van der Waals surface area contributed by atoms with Gasteiger partial charge >= 0.3 is 0 Å². The molecule has 0 saturated heterocycles. The fourth-order valence-corrected chi connectivity index (χ4v) is 2.31. The minimum atomic E-state index is 0.479. The zero-order chi connectivity index (χ0) is 13.4. The number of hydrogen-bond acceptors (Lipinski definition) is 1. The van der Waals surface area contributed by atoms with Gasteiger partial charge in [0.05, 0.1) is 0 Å². The fourth-order valence-electron chi connectivity index (χ4n) is 2.19. The van der Waals surface area contributed by atoms with Crippen molar-refractivity contribution >= 4 is 11.6 Å². The van der Waals surface area contributed by atoms with Crippen LogP contribution in [0.1, 0.15) is 63.1 Å². The number of rotatable bonds is 8. The van der Waals surface area contributed by atoms with Crippen molar-refractivity contribution in [3.63, 3.8) is 0 Å². The second-order valence-corrected chi connectivity index (χ2v) is 5.42. The molecule has 0 amide bonds. The summed E-state index contributed by atoms with van der Waals surface area (Å²) in [6, 6.07) is 6.88. The lowest BCUT2D eigenvalue weighted by molar-refractivity contribution is 0.474. The normalized spacial score (nSPS) is 12.7. The Morgan fingerprint density at radius 2 is 1.94 bits per heavy atom. The van der Waals surface area contributed by atoms with Crippen molar-refractivity contribution < 1.29 is 0 Å². The highest BCUT2D eigenvalue weighted by atomic mass is 35.5. The summed E-state index contributed by atoms with van der Waals surface area (Å²) < 4.78 is 0. The van der Waals surface area contributed by atoms with E-state index in [4.69, 9.17) is 11.6 Å². The molecule has 0 spiro atoms. The van der Waals surface area contributed by atoms with E-state index in [1.807, 2.05) is 6.07 Å². The molecule has 18 heavy (non-hydrogen) atoms. The Kier molecular flexibility index (Phi) is 7.38. The van der Waals surface area contributed by atoms with E-state index >= 15 is 0 Å². The molecular formula is C16H26ClN. The second kappa shape index (κ2) is 8.55. The van der Waals surface area contributed by atoms with Gasteiger partial charge in [-0.05, 0) is 43.5 Å². The summed E-state index contributed by atoms with van der Waals surface area (Å²) in [5.41, 5.74) is 2.55. The van der Waals surface area contributed by atoms with Gasteiger partial charge in [0.15, 0.2) is 0 Å². The van der Waals surface area contributed by atoms with Crippen LogP contribution in [-0.2, 0) is 0 Å². The predicted octanol–water partition coefficient (Wildman–Crippen LogP) is 5.27. The highest BCUT2D eigenvalue weighted by Crippen LogP contribution is 2.24. The molecule has 1 aromatic carbocycles. The van der Waals surface area contributed by atoms with Crippen molar-refractivity contribution in [3.05, 3.63) is 34.3 Å². The van der Waals surface area contributed by atoms with Crippen molar-refractivity contribution in [1.82, 2.24) is 5.32 Å². The first-order chi connectivity index (χ1) is 8.69. The molecule has 1 aromatic rings. The number of halogens is 1. The van der Waals surface area contributed by atoms with Gasteiger partial charge < -0.3 is 5.32 Å². The molecule has 0 aliphatic rings. The van der Waals surface area contributed by atoms with Crippen molar-refractivity contribution in [1.29, 1.82) is 0 Å². The Hall–Kier alpha value is -0.530. The van der Waals surface area contributed by atoms with Crippen LogP contribution in [0.3, 0.4) is 0 Å². The van der Waals surface area contributed by atoms with Crippen LogP contribution >= 0.6 is 11.6 Å². The van der Waals surface area contributed by atoms with Gasteiger partial charge in [-0.1, -0.05) is 56.8 Å². The van der Waals surface area contributed by atoms with Gasteiger partial charge in [-0.15, -0.1) is 0 Å². The van der Waals surface area contributed by atoms with Crippen LogP contribution in [0.5, 0.6) is 0 Å². The molecule has 0 fully saturated rings. The zero-order valence-electron chi connectivity index (χ0n) is 11.9. The van der Waals surface area contributed by atoms with E-state index in [1.165, 1.54) is 43.2 Å². The lowest BCUT2D eigenvalue weighted by Gasteiger charge is -2.19. The van der Waals surface area contributed by atoms with Gasteiger partial charge in [-0.2, -0.15) is 0 Å².